The number of benzene rings is 1. The predicted molar refractivity (Wildman–Crippen MR) is 86.2 cm³/mol. The topological polar surface area (TPSA) is 44.4 Å². The Morgan fingerprint density at radius 3 is 2.40 bits per heavy atom. The minimum Gasteiger partial charge on any atom is -0.324 e. The van der Waals surface area contributed by atoms with E-state index in [4.69, 9.17) is 0 Å². The van der Waals surface area contributed by atoms with Gasteiger partial charge in [0.15, 0.2) is 0 Å². The van der Waals surface area contributed by atoms with Crippen LogP contribution in [0.1, 0.15) is 18.1 Å². The van der Waals surface area contributed by atoms with Crippen LogP contribution in [0.2, 0.25) is 0 Å². The first-order valence-electron chi connectivity index (χ1n) is 7.01. The van der Waals surface area contributed by atoms with Crippen LogP contribution in [0.5, 0.6) is 0 Å². The zero-order valence-corrected chi connectivity index (χ0v) is 13.9. The van der Waals surface area contributed by atoms with Crippen molar-refractivity contribution >= 4 is 27.5 Å². The van der Waals surface area contributed by atoms with E-state index in [1.54, 1.807) is 0 Å². The molecule has 1 amide bonds. The molecule has 1 heterocycles. The molecule has 0 saturated carbocycles. The Kier molecular flexibility index (Phi) is 5.18. The Morgan fingerprint density at radius 2 is 1.85 bits per heavy atom. The van der Waals surface area contributed by atoms with Crippen LogP contribution in [0, 0.1) is 13.8 Å². The fourth-order valence-corrected chi connectivity index (χ4v) is 3.26. The molecule has 1 aromatic rings. The number of halogens is 1. The standard InChI is InChI=1S/C15H22BrN3O/c1-10-8-13(16)9-11(2)14(10)18-15(20)12(3)19-6-4-17-5-7-19/h8-9,12,17H,4-7H2,1-3H3,(H,18,20). The Hall–Kier alpha value is -0.910. The Labute approximate surface area is 129 Å². The number of hydrogen-bond acceptors (Lipinski definition) is 3. The minimum atomic E-state index is -0.0976. The summed E-state index contributed by atoms with van der Waals surface area (Å²) in [7, 11) is 0. The highest BCUT2D eigenvalue weighted by molar-refractivity contribution is 9.10. The van der Waals surface area contributed by atoms with Crippen LogP contribution in [-0.2, 0) is 4.79 Å². The molecular formula is C15H22BrN3O. The van der Waals surface area contributed by atoms with E-state index in [2.05, 4.69) is 31.5 Å². The second-order valence-corrected chi connectivity index (χ2v) is 6.28. The Bertz CT molecular complexity index is 475. The van der Waals surface area contributed by atoms with Crippen molar-refractivity contribution < 1.29 is 4.79 Å². The number of aryl methyl sites for hydroxylation is 2. The molecule has 1 atom stereocenters. The number of rotatable bonds is 3. The quantitative estimate of drug-likeness (QED) is 0.888. The summed E-state index contributed by atoms with van der Waals surface area (Å²) in [5.74, 6) is 0.0698. The molecule has 2 rings (SSSR count). The fraction of sp³-hybridized carbons (Fsp3) is 0.533. The normalized spacial score (nSPS) is 17.8. The van der Waals surface area contributed by atoms with Crippen LogP contribution in [0.3, 0.4) is 0 Å². The van der Waals surface area contributed by atoms with Crippen molar-refractivity contribution in [2.24, 2.45) is 0 Å². The molecule has 4 nitrogen and oxygen atoms in total. The van der Waals surface area contributed by atoms with Crippen LogP contribution < -0.4 is 10.6 Å². The molecule has 2 N–H and O–H groups in total. The molecule has 5 heteroatoms. The predicted octanol–water partition coefficient (Wildman–Crippen LogP) is 2.30. The molecule has 0 bridgehead atoms. The summed E-state index contributed by atoms with van der Waals surface area (Å²) in [5, 5.41) is 6.39. The maximum Gasteiger partial charge on any atom is 0.241 e. The van der Waals surface area contributed by atoms with Gasteiger partial charge in [-0.3, -0.25) is 9.69 Å². The summed E-state index contributed by atoms with van der Waals surface area (Å²) in [6.07, 6.45) is 0. The van der Waals surface area contributed by atoms with Crippen molar-refractivity contribution in [2.45, 2.75) is 26.8 Å². The number of piperazine rings is 1. The molecule has 0 aliphatic carbocycles. The summed E-state index contributed by atoms with van der Waals surface area (Å²) < 4.78 is 1.04. The SMILES string of the molecule is Cc1cc(Br)cc(C)c1NC(=O)C(C)N1CCNCC1. The van der Waals surface area contributed by atoms with Crippen molar-refractivity contribution in [2.75, 3.05) is 31.5 Å². The molecule has 1 fully saturated rings. The summed E-state index contributed by atoms with van der Waals surface area (Å²) in [5.41, 5.74) is 3.09. The van der Waals surface area contributed by atoms with E-state index in [9.17, 15) is 4.79 Å². The van der Waals surface area contributed by atoms with Crippen molar-refractivity contribution in [3.8, 4) is 0 Å². The summed E-state index contributed by atoms with van der Waals surface area (Å²) >= 11 is 3.48. The van der Waals surface area contributed by atoms with Gasteiger partial charge >= 0.3 is 0 Å². The van der Waals surface area contributed by atoms with E-state index in [1.807, 2.05) is 32.9 Å². The van der Waals surface area contributed by atoms with E-state index >= 15 is 0 Å². The third-order valence-electron chi connectivity index (χ3n) is 3.82. The smallest absolute Gasteiger partial charge is 0.241 e. The molecule has 0 aromatic heterocycles. The fourth-order valence-electron chi connectivity index (χ4n) is 2.57. The van der Waals surface area contributed by atoms with Crippen LogP contribution in [0.25, 0.3) is 0 Å². The van der Waals surface area contributed by atoms with E-state index < -0.39 is 0 Å². The third kappa shape index (κ3) is 3.59. The maximum absolute atomic E-state index is 12.4. The second kappa shape index (κ2) is 6.70. The zero-order valence-electron chi connectivity index (χ0n) is 12.3. The van der Waals surface area contributed by atoms with Gasteiger partial charge in [-0.05, 0) is 44.0 Å². The van der Waals surface area contributed by atoms with Gasteiger partial charge in [-0.2, -0.15) is 0 Å². The number of hydrogen-bond donors (Lipinski definition) is 2. The molecule has 1 aliphatic heterocycles. The number of anilines is 1. The van der Waals surface area contributed by atoms with Gasteiger partial charge in [0.25, 0.3) is 0 Å². The monoisotopic (exact) mass is 339 g/mol. The maximum atomic E-state index is 12.4. The molecule has 20 heavy (non-hydrogen) atoms. The van der Waals surface area contributed by atoms with Gasteiger partial charge in [-0.15, -0.1) is 0 Å². The lowest BCUT2D eigenvalue weighted by molar-refractivity contribution is -0.121. The first-order valence-corrected chi connectivity index (χ1v) is 7.80. The zero-order chi connectivity index (χ0) is 14.7. The molecule has 1 aromatic carbocycles. The highest BCUT2D eigenvalue weighted by Crippen LogP contribution is 2.25. The first-order chi connectivity index (χ1) is 9.49. The van der Waals surface area contributed by atoms with Gasteiger partial charge in [0.05, 0.1) is 6.04 Å². The van der Waals surface area contributed by atoms with Crippen molar-refractivity contribution in [3.05, 3.63) is 27.7 Å². The van der Waals surface area contributed by atoms with Crippen molar-refractivity contribution in [1.29, 1.82) is 0 Å². The lowest BCUT2D eigenvalue weighted by Crippen LogP contribution is -2.51. The number of carbonyl (C=O) groups excluding carboxylic acids is 1. The molecular weight excluding hydrogens is 318 g/mol. The van der Waals surface area contributed by atoms with Crippen LogP contribution in [-0.4, -0.2) is 43.0 Å². The number of nitrogens with zero attached hydrogens (tertiary/aromatic N) is 1. The molecule has 0 radical (unpaired) electrons. The van der Waals surface area contributed by atoms with Crippen LogP contribution >= 0.6 is 15.9 Å². The number of carbonyl (C=O) groups is 1. The molecule has 1 unspecified atom stereocenters. The van der Waals surface area contributed by atoms with Gasteiger partial charge in [0.2, 0.25) is 5.91 Å². The van der Waals surface area contributed by atoms with Gasteiger partial charge in [-0.25, -0.2) is 0 Å². The van der Waals surface area contributed by atoms with E-state index in [-0.39, 0.29) is 11.9 Å². The molecule has 110 valence electrons. The van der Waals surface area contributed by atoms with E-state index in [0.717, 1.165) is 47.5 Å². The van der Waals surface area contributed by atoms with E-state index in [0.29, 0.717) is 0 Å². The van der Waals surface area contributed by atoms with Crippen molar-refractivity contribution in [1.82, 2.24) is 10.2 Å². The summed E-state index contributed by atoms with van der Waals surface area (Å²) in [6, 6.07) is 3.95. The summed E-state index contributed by atoms with van der Waals surface area (Å²) in [6.45, 7) is 9.76. The lowest BCUT2D eigenvalue weighted by atomic mass is 10.1. The van der Waals surface area contributed by atoms with Gasteiger partial charge in [0, 0.05) is 36.3 Å². The van der Waals surface area contributed by atoms with Crippen LogP contribution in [0.4, 0.5) is 5.69 Å². The van der Waals surface area contributed by atoms with Gasteiger partial charge in [-0.1, -0.05) is 15.9 Å². The number of amides is 1. The Balaban J connectivity index is 2.07. The Morgan fingerprint density at radius 1 is 1.30 bits per heavy atom. The largest absolute Gasteiger partial charge is 0.324 e. The highest BCUT2D eigenvalue weighted by Gasteiger charge is 2.23. The average Bonchev–Trinajstić information content (AvgIpc) is 2.42. The minimum absolute atomic E-state index is 0.0698. The average molecular weight is 340 g/mol. The molecule has 1 saturated heterocycles. The third-order valence-corrected chi connectivity index (χ3v) is 4.28. The lowest BCUT2D eigenvalue weighted by Gasteiger charge is -2.32. The number of nitrogens with one attached hydrogen (secondary N) is 2. The first kappa shape index (κ1) is 15.5. The van der Waals surface area contributed by atoms with Crippen molar-refractivity contribution in [3.63, 3.8) is 0 Å². The highest BCUT2D eigenvalue weighted by atomic mass is 79.9. The molecule has 1 aliphatic rings. The second-order valence-electron chi connectivity index (χ2n) is 5.37. The van der Waals surface area contributed by atoms with Crippen LogP contribution in [0.15, 0.2) is 16.6 Å². The van der Waals surface area contributed by atoms with Gasteiger partial charge in [0.1, 0.15) is 0 Å². The van der Waals surface area contributed by atoms with Gasteiger partial charge < -0.3 is 10.6 Å². The van der Waals surface area contributed by atoms with E-state index in [1.165, 1.54) is 0 Å². The molecule has 0 spiro atoms. The summed E-state index contributed by atoms with van der Waals surface area (Å²) in [4.78, 5) is 14.6.